The third-order valence-electron chi connectivity index (χ3n) is 3.00. The first kappa shape index (κ1) is 15.8. The van der Waals surface area contributed by atoms with Crippen molar-refractivity contribution in [3.05, 3.63) is 41.0 Å². The number of methoxy groups -OCH3 is 1. The van der Waals surface area contributed by atoms with Gasteiger partial charge in [-0.1, -0.05) is 11.8 Å². The Labute approximate surface area is 145 Å². The normalized spacial score (nSPS) is 10.7. The van der Waals surface area contributed by atoms with Gasteiger partial charge < -0.3 is 15.0 Å². The zero-order valence-corrected chi connectivity index (χ0v) is 14.6. The Morgan fingerprint density at radius 3 is 2.91 bits per heavy atom. The van der Waals surface area contributed by atoms with E-state index in [9.17, 15) is 4.79 Å². The second kappa shape index (κ2) is 7.01. The van der Waals surface area contributed by atoms with E-state index in [4.69, 9.17) is 4.74 Å². The molecule has 0 aliphatic carbocycles. The Kier molecular flexibility index (Phi) is 4.82. The van der Waals surface area contributed by atoms with Gasteiger partial charge in [0.25, 0.3) is 0 Å². The fraction of sp³-hybridized carbons (Fsp3) is 0.133. The molecule has 2 heterocycles. The Hall–Kier alpha value is -2.06. The summed E-state index contributed by atoms with van der Waals surface area (Å²) in [5, 5.41) is 3.49. The fourth-order valence-corrected chi connectivity index (χ4v) is 2.93. The van der Waals surface area contributed by atoms with Crippen molar-refractivity contribution in [3.63, 3.8) is 0 Å². The zero-order chi connectivity index (χ0) is 16.2. The molecule has 1 aromatic carbocycles. The molecule has 0 saturated carbocycles. The first-order valence-corrected chi connectivity index (χ1v) is 8.50. The lowest BCUT2D eigenvalue weighted by molar-refractivity contribution is -0.113. The molecule has 23 heavy (non-hydrogen) atoms. The van der Waals surface area contributed by atoms with Crippen LogP contribution in [-0.4, -0.2) is 33.7 Å². The van der Waals surface area contributed by atoms with Gasteiger partial charge in [0.05, 0.1) is 18.4 Å². The standard InChI is InChI=1S/C15H13BrN4O2S/c1-22-11-4-2-10(3-5-11)18-13(21)8-23-15-19-12-6-9(16)7-17-14(12)20-15/h2-7H,8H2,1H3,(H,18,21)(H,17,19,20). The quantitative estimate of drug-likeness (QED) is 0.649. The summed E-state index contributed by atoms with van der Waals surface area (Å²) < 4.78 is 5.96. The molecule has 0 aliphatic heterocycles. The number of fused-ring (bicyclic) bond motifs is 1. The minimum Gasteiger partial charge on any atom is -0.497 e. The van der Waals surface area contributed by atoms with Crippen molar-refractivity contribution in [1.82, 2.24) is 15.0 Å². The van der Waals surface area contributed by atoms with Gasteiger partial charge in [0.15, 0.2) is 10.8 Å². The van der Waals surface area contributed by atoms with Crippen LogP contribution in [0, 0.1) is 0 Å². The van der Waals surface area contributed by atoms with E-state index in [1.807, 2.05) is 6.07 Å². The number of aromatic nitrogens is 3. The Morgan fingerprint density at radius 1 is 1.39 bits per heavy atom. The topological polar surface area (TPSA) is 79.9 Å². The number of hydrogen-bond donors (Lipinski definition) is 2. The number of H-pyrrole nitrogens is 1. The van der Waals surface area contributed by atoms with Crippen LogP contribution in [0.2, 0.25) is 0 Å². The van der Waals surface area contributed by atoms with E-state index < -0.39 is 0 Å². The Balaban J connectivity index is 1.58. The molecule has 3 aromatic rings. The SMILES string of the molecule is COc1ccc(NC(=O)CSc2nc3ncc(Br)cc3[nH]2)cc1. The number of carbonyl (C=O) groups is 1. The van der Waals surface area contributed by atoms with Crippen molar-refractivity contribution >= 4 is 50.5 Å². The molecule has 118 valence electrons. The first-order chi connectivity index (χ1) is 11.1. The predicted molar refractivity (Wildman–Crippen MR) is 93.9 cm³/mol. The van der Waals surface area contributed by atoms with Gasteiger partial charge in [-0.25, -0.2) is 9.97 Å². The summed E-state index contributed by atoms with van der Waals surface area (Å²) >= 11 is 4.69. The Morgan fingerprint density at radius 2 is 2.17 bits per heavy atom. The smallest absolute Gasteiger partial charge is 0.234 e. The van der Waals surface area contributed by atoms with E-state index >= 15 is 0 Å². The largest absolute Gasteiger partial charge is 0.497 e. The number of nitrogens with zero attached hydrogens (tertiary/aromatic N) is 2. The summed E-state index contributed by atoms with van der Waals surface area (Å²) in [6, 6.07) is 9.09. The van der Waals surface area contributed by atoms with Crippen molar-refractivity contribution in [3.8, 4) is 5.75 Å². The van der Waals surface area contributed by atoms with Crippen molar-refractivity contribution in [2.24, 2.45) is 0 Å². The monoisotopic (exact) mass is 392 g/mol. The number of nitrogens with one attached hydrogen (secondary N) is 2. The number of thioether (sulfide) groups is 1. The lowest BCUT2D eigenvalue weighted by atomic mass is 10.3. The highest BCUT2D eigenvalue weighted by Crippen LogP contribution is 2.21. The summed E-state index contributed by atoms with van der Waals surface area (Å²) in [6.45, 7) is 0. The molecular formula is C15H13BrN4O2S. The molecule has 2 N–H and O–H groups in total. The summed E-state index contributed by atoms with van der Waals surface area (Å²) in [7, 11) is 1.60. The number of imidazole rings is 1. The highest BCUT2D eigenvalue weighted by atomic mass is 79.9. The van der Waals surface area contributed by atoms with Crippen LogP contribution in [0.4, 0.5) is 5.69 Å². The number of rotatable bonds is 5. The van der Waals surface area contributed by atoms with Crippen LogP contribution in [0.1, 0.15) is 0 Å². The van der Waals surface area contributed by atoms with Crippen LogP contribution in [0.15, 0.2) is 46.2 Å². The molecule has 0 saturated heterocycles. The van der Waals surface area contributed by atoms with E-state index in [0.717, 1.165) is 21.4 Å². The van der Waals surface area contributed by atoms with Crippen LogP contribution in [0.5, 0.6) is 5.75 Å². The van der Waals surface area contributed by atoms with Gasteiger partial charge in [-0.05, 0) is 46.3 Å². The van der Waals surface area contributed by atoms with Gasteiger partial charge in [-0.15, -0.1) is 0 Å². The van der Waals surface area contributed by atoms with Gasteiger partial charge in [0.2, 0.25) is 5.91 Å². The van der Waals surface area contributed by atoms with Gasteiger partial charge in [-0.2, -0.15) is 0 Å². The first-order valence-electron chi connectivity index (χ1n) is 6.72. The zero-order valence-electron chi connectivity index (χ0n) is 12.2. The maximum atomic E-state index is 12.0. The molecule has 0 atom stereocenters. The molecule has 0 aliphatic rings. The third-order valence-corrected chi connectivity index (χ3v) is 4.30. The Bertz CT molecular complexity index is 835. The van der Waals surface area contributed by atoms with Gasteiger partial charge >= 0.3 is 0 Å². The number of benzene rings is 1. The van der Waals surface area contributed by atoms with E-state index in [1.165, 1.54) is 11.8 Å². The molecule has 0 spiro atoms. The molecule has 8 heteroatoms. The summed E-state index contributed by atoms with van der Waals surface area (Å²) in [5.74, 6) is 0.903. The van der Waals surface area contributed by atoms with E-state index in [1.54, 1.807) is 37.6 Å². The average molecular weight is 393 g/mol. The summed E-state index contributed by atoms with van der Waals surface area (Å²) in [6.07, 6.45) is 1.69. The van der Waals surface area contributed by atoms with Crippen LogP contribution in [-0.2, 0) is 4.79 Å². The molecule has 6 nitrogen and oxygen atoms in total. The number of carbonyl (C=O) groups excluding carboxylic acids is 1. The molecule has 0 bridgehead atoms. The molecule has 2 aromatic heterocycles. The van der Waals surface area contributed by atoms with Crippen molar-refractivity contribution < 1.29 is 9.53 Å². The number of aromatic amines is 1. The summed E-state index contributed by atoms with van der Waals surface area (Å²) in [4.78, 5) is 23.6. The van der Waals surface area contributed by atoms with Crippen molar-refractivity contribution in [1.29, 1.82) is 0 Å². The van der Waals surface area contributed by atoms with Crippen LogP contribution >= 0.6 is 27.7 Å². The van der Waals surface area contributed by atoms with E-state index in [0.29, 0.717) is 10.8 Å². The maximum Gasteiger partial charge on any atom is 0.234 e. The lowest BCUT2D eigenvalue weighted by Gasteiger charge is -2.05. The maximum absolute atomic E-state index is 12.0. The van der Waals surface area contributed by atoms with Gasteiger partial charge in [-0.3, -0.25) is 4.79 Å². The number of hydrogen-bond acceptors (Lipinski definition) is 5. The number of ether oxygens (including phenoxy) is 1. The lowest BCUT2D eigenvalue weighted by Crippen LogP contribution is -2.14. The van der Waals surface area contributed by atoms with Crippen LogP contribution in [0.3, 0.4) is 0 Å². The van der Waals surface area contributed by atoms with Crippen molar-refractivity contribution in [2.75, 3.05) is 18.2 Å². The average Bonchev–Trinajstić information content (AvgIpc) is 2.95. The predicted octanol–water partition coefficient (Wildman–Crippen LogP) is 3.46. The number of pyridine rings is 1. The molecule has 1 amide bonds. The minimum absolute atomic E-state index is 0.102. The fourth-order valence-electron chi connectivity index (χ4n) is 1.93. The molecular weight excluding hydrogens is 380 g/mol. The minimum atomic E-state index is -0.102. The number of anilines is 1. The van der Waals surface area contributed by atoms with Crippen LogP contribution < -0.4 is 10.1 Å². The number of amides is 1. The second-order valence-electron chi connectivity index (χ2n) is 4.63. The van der Waals surface area contributed by atoms with Crippen molar-refractivity contribution in [2.45, 2.75) is 5.16 Å². The van der Waals surface area contributed by atoms with Crippen LogP contribution in [0.25, 0.3) is 11.2 Å². The third kappa shape index (κ3) is 4.02. The van der Waals surface area contributed by atoms with Gasteiger partial charge in [0.1, 0.15) is 5.75 Å². The number of halogens is 1. The molecule has 0 radical (unpaired) electrons. The highest BCUT2D eigenvalue weighted by Gasteiger charge is 2.08. The second-order valence-corrected chi connectivity index (χ2v) is 6.51. The molecule has 0 unspecified atom stereocenters. The van der Waals surface area contributed by atoms with E-state index in [-0.39, 0.29) is 11.7 Å². The highest BCUT2D eigenvalue weighted by molar-refractivity contribution is 9.10. The summed E-state index contributed by atoms with van der Waals surface area (Å²) in [5.41, 5.74) is 2.19. The van der Waals surface area contributed by atoms with E-state index in [2.05, 4.69) is 36.2 Å². The molecule has 0 fully saturated rings. The molecule has 3 rings (SSSR count). The van der Waals surface area contributed by atoms with Gasteiger partial charge in [0, 0.05) is 16.4 Å².